The lowest BCUT2D eigenvalue weighted by molar-refractivity contribution is 0.590. The average Bonchev–Trinajstić information content (AvgIpc) is 3.73. The molecule has 4 aliphatic rings. The zero-order valence-corrected chi connectivity index (χ0v) is 36.0. The van der Waals surface area contributed by atoms with Crippen molar-refractivity contribution in [3.05, 3.63) is 148 Å². The second kappa shape index (κ2) is 12.0. The van der Waals surface area contributed by atoms with Crippen LogP contribution in [0.1, 0.15) is 122 Å². The smallest absolute Gasteiger partial charge is 0.252 e. The summed E-state index contributed by atoms with van der Waals surface area (Å²) < 4.78 is 0. The van der Waals surface area contributed by atoms with Crippen molar-refractivity contribution in [2.45, 2.75) is 117 Å². The first-order chi connectivity index (χ1) is 26.9. The van der Waals surface area contributed by atoms with E-state index in [1.165, 1.54) is 103 Å². The SMILES string of the molecule is CC(C)(C)c1ccc(N2c3ccc(C(C)(C)C)cc3B3c4ccc5c(c4N(c4ccc(C(C)(C)C)cc4)c4cccc2c43)-c2ccc3c(c2C5(C)C)CCC3)cc1. The Hall–Kier alpha value is -5.02. The maximum absolute atomic E-state index is 2.65. The fourth-order valence-electron chi connectivity index (χ4n) is 10.8. The summed E-state index contributed by atoms with van der Waals surface area (Å²) >= 11 is 0. The van der Waals surface area contributed by atoms with Gasteiger partial charge in [-0.25, -0.2) is 0 Å². The fourth-order valence-corrected chi connectivity index (χ4v) is 10.8. The van der Waals surface area contributed by atoms with Gasteiger partial charge in [0.15, 0.2) is 0 Å². The Morgan fingerprint density at radius 2 is 1.12 bits per heavy atom. The van der Waals surface area contributed by atoms with Crippen molar-refractivity contribution < 1.29 is 0 Å². The van der Waals surface area contributed by atoms with Crippen LogP contribution in [0.3, 0.4) is 0 Å². The summed E-state index contributed by atoms with van der Waals surface area (Å²) in [5, 5.41) is 0. The van der Waals surface area contributed by atoms with Crippen LogP contribution in [-0.2, 0) is 34.5 Å². The molecule has 10 rings (SSSR count). The van der Waals surface area contributed by atoms with E-state index < -0.39 is 0 Å². The summed E-state index contributed by atoms with van der Waals surface area (Å²) in [5.74, 6) is 0. The molecule has 0 spiro atoms. The average molecular weight is 745 g/mol. The van der Waals surface area contributed by atoms with Crippen LogP contribution in [0.5, 0.6) is 0 Å². The molecule has 0 saturated heterocycles. The molecule has 6 aromatic carbocycles. The van der Waals surface area contributed by atoms with E-state index in [1.54, 1.807) is 16.7 Å². The molecule has 3 heteroatoms. The first-order valence-corrected chi connectivity index (χ1v) is 21.4. The molecule has 2 heterocycles. The topological polar surface area (TPSA) is 6.48 Å². The maximum Gasteiger partial charge on any atom is 0.252 e. The van der Waals surface area contributed by atoms with Gasteiger partial charge >= 0.3 is 0 Å². The van der Waals surface area contributed by atoms with Gasteiger partial charge in [-0.15, -0.1) is 0 Å². The summed E-state index contributed by atoms with van der Waals surface area (Å²) in [6.45, 7) is 25.9. The molecule has 0 unspecified atom stereocenters. The molecule has 0 atom stereocenters. The van der Waals surface area contributed by atoms with Crippen LogP contribution in [0, 0.1) is 0 Å². The molecule has 6 aromatic rings. The minimum Gasteiger partial charge on any atom is -0.311 e. The third kappa shape index (κ3) is 5.30. The number of fused-ring (bicyclic) bond motifs is 10. The second-order valence-electron chi connectivity index (χ2n) is 21.0. The van der Waals surface area contributed by atoms with Crippen LogP contribution >= 0.6 is 0 Å². The third-order valence-corrected chi connectivity index (χ3v) is 13.9. The van der Waals surface area contributed by atoms with Crippen LogP contribution in [-0.4, -0.2) is 6.71 Å². The van der Waals surface area contributed by atoms with Gasteiger partial charge in [0.05, 0.1) is 0 Å². The molecule has 57 heavy (non-hydrogen) atoms. The highest BCUT2D eigenvalue weighted by molar-refractivity contribution is 7.00. The highest BCUT2D eigenvalue weighted by Gasteiger charge is 2.48. The van der Waals surface area contributed by atoms with Gasteiger partial charge in [0.2, 0.25) is 0 Å². The molecule has 0 N–H and O–H groups in total. The molecule has 2 nitrogen and oxygen atoms in total. The van der Waals surface area contributed by atoms with Crippen molar-refractivity contribution in [1.82, 2.24) is 0 Å². The Morgan fingerprint density at radius 1 is 0.544 bits per heavy atom. The fraction of sp³-hybridized carbons (Fsp3) is 0.333. The van der Waals surface area contributed by atoms with E-state index in [0.717, 1.165) is 0 Å². The van der Waals surface area contributed by atoms with Gasteiger partial charge in [0.1, 0.15) is 0 Å². The van der Waals surface area contributed by atoms with Crippen molar-refractivity contribution in [1.29, 1.82) is 0 Å². The summed E-state index contributed by atoms with van der Waals surface area (Å²) in [7, 11) is 0. The summed E-state index contributed by atoms with van der Waals surface area (Å²) in [6.07, 6.45) is 3.63. The quantitative estimate of drug-likeness (QED) is 0.163. The highest BCUT2D eigenvalue weighted by atomic mass is 15.2. The molecule has 0 saturated carbocycles. The van der Waals surface area contributed by atoms with Crippen LogP contribution in [0.2, 0.25) is 0 Å². The van der Waals surface area contributed by atoms with Crippen molar-refractivity contribution in [3.63, 3.8) is 0 Å². The monoisotopic (exact) mass is 744 g/mol. The number of hydrogen-bond donors (Lipinski definition) is 0. The first-order valence-electron chi connectivity index (χ1n) is 21.4. The Morgan fingerprint density at radius 3 is 1.74 bits per heavy atom. The number of aryl methyl sites for hydroxylation is 1. The number of rotatable bonds is 2. The number of benzene rings is 6. The summed E-state index contributed by atoms with van der Waals surface area (Å²) in [6, 6.07) is 43.2. The molecule has 0 bridgehead atoms. The normalized spacial score (nSPS) is 16.2. The maximum atomic E-state index is 2.65. The predicted molar refractivity (Wildman–Crippen MR) is 246 cm³/mol. The molecule has 0 amide bonds. The lowest BCUT2D eigenvalue weighted by atomic mass is 9.33. The van der Waals surface area contributed by atoms with Crippen molar-refractivity contribution >= 4 is 57.2 Å². The summed E-state index contributed by atoms with van der Waals surface area (Å²) in [5.41, 5.74) is 24.9. The zero-order valence-electron chi connectivity index (χ0n) is 36.0. The minimum absolute atomic E-state index is 0.00756. The molecule has 2 aliphatic carbocycles. The molecule has 0 fully saturated rings. The lowest BCUT2D eigenvalue weighted by Crippen LogP contribution is -2.61. The molecule has 0 aromatic heterocycles. The zero-order chi connectivity index (χ0) is 40.0. The van der Waals surface area contributed by atoms with Gasteiger partial charge in [0, 0.05) is 45.1 Å². The number of hydrogen-bond acceptors (Lipinski definition) is 2. The molecule has 286 valence electrons. The highest BCUT2D eigenvalue weighted by Crippen LogP contribution is 2.57. The Kier molecular flexibility index (Phi) is 7.66. The van der Waals surface area contributed by atoms with Gasteiger partial charge in [-0.1, -0.05) is 143 Å². The van der Waals surface area contributed by atoms with Crippen LogP contribution < -0.4 is 26.2 Å². The lowest BCUT2D eigenvalue weighted by Gasteiger charge is -2.45. The van der Waals surface area contributed by atoms with Crippen LogP contribution in [0.4, 0.5) is 34.1 Å². The Balaban J connectivity index is 1.30. The van der Waals surface area contributed by atoms with Gasteiger partial charge in [-0.2, -0.15) is 0 Å². The van der Waals surface area contributed by atoms with Gasteiger partial charge in [-0.05, 0) is 139 Å². The van der Waals surface area contributed by atoms with Gasteiger partial charge in [0.25, 0.3) is 6.71 Å². The van der Waals surface area contributed by atoms with E-state index in [2.05, 4.69) is 195 Å². The minimum atomic E-state index is -0.0842. The van der Waals surface area contributed by atoms with E-state index in [1.807, 2.05) is 0 Å². The van der Waals surface area contributed by atoms with E-state index in [-0.39, 0.29) is 28.4 Å². The second-order valence-corrected chi connectivity index (χ2v) is 21.0. The third-order valence-electron chi connectivity index (χ3n) is 13.9. The first kappa shape index (κ1) is 36.3. The standard InChI is InChI=1S/C54H57BN2/c1-51(2,3)34-19-24-37(25-20-34)56-44-31-23-36(53(7,8)9)32-43(44)55-42-30-29-41-47(40-28-18-33-14-12-15-39(33)48(40)54(41,10)11)50(42)57(46-17-13-16-45(56)49(46)55)38-26-21-35(22-27-38)52(4,5)6/h13,16-32H,12,14-15H2,1-11H3. The van der Waals surface area contributed by atoms with E-state index in [4.69, 9.17) is 0 Å². The van der Waals surface area contributed by atoms with Crippen LogP contribution in [0.15, 0.2) is 109 Å². The van der Waals surface area contributed by atoms with Crippen molar-refractivity contribution in [2.75, 3.05) is 9.80 Å². The Bertz CT molecular complexity index is 2620. The van der Waals surface area contributed by atoms with Gasteiger partial charge < -0.3 is 9.80 Å². The van der Waals surface area contributed by atoms with E-state index in [9.17, 15) is 0 Å². The van der Waals surface area contributed by atoms with Gasteiger partial charge in [-0.3, -0.25) is 0 Å². The molecule has 2 aliphatic heterocycles. The van der Waals surface area contributed by atoms with E-state index in [0.29, 0.717) is 0 Å². The largest absolute Gasteiger partial charge is 0.311 e. The molecular weight excluding hydrogens is 687 g/mol. The van der Waals surface area contributed by atoms with Crippen LogP contribution in [0.25, 0.3) is 11.1 Å². The van der Waals surface area contributed by atoms with Crippen molar-refractivity contribution in [3.8, 4) is 11.1 Å². The summed E-state index contributed by atoms with van der Waals surface area (Å²) in [4.78, 5) is 5.19. The number of anilines is 6. The van der Waals surface area contributed by atoms with Crippen molar-refractivity contribution in [2.24, 2.45) is 0 Å². The molecule has 0 radical (unpaired) electrons. The van der Waals surface area contributed by atoms with E-state index >= 15 is 0 Å². The molecular formula is C54H57BN2. The Labute approximate surface area is 342 Å². The number of nitrogens with zero attached hydrogens (tertiary/aromatic N) is 2. The predicted octanol–water partition coefficient (Wildman–Crippen LogP) is 12.5.